The maximum absolute atomic E-state index is 11.6. The molecular weight excluding hydrogens is 262 g/mol. The van der Waals surface area contributed by atoms with E-state index in [1.165, 1.54) is 24.3 Å². The zero-order valence-electron chi connectivity index (χ0n) is 11.2. The lowest BCUT2D eigenvalue weighted by Gasteiger charge is -2.34. The number of rotatable bonds is 5. The highest BCUT2D eigenvalue weighted by atomic mass is 16.6. The fourth-order valence-corrected chi connectivity index (χ4v) is 2.19. The van der Waals surface area contributed by atoms with Crippen LogP contribution in [0.25, 0.3) is 0 Å². The second kappa shape index (κ2) is 6.33. The maximum Gasteiger partial charge on any atom is 0.411 e. The Labute approximate surface area is 116 Å². The molecule has 1 fully saturated rings. The summed E-state index contributed by atoms with van der Waals surface area (Å²) >= 11 is 0. The minimum absolute atomic E-state index is 0.0159. The average molecular weight is 279 g/mol. The van der Waals surface area contributed by atoms with Gasteiger partial charge < -0.3 is 10.1 Å². The second-order valence-electron chi connectivity index (χ2n) is 4.85. The topological polar surface area (TPSA) is 93.5 Å². The molecule has 0 atom stereocenters. The van der Waals surface area contributed by atoms with Gasteiger partial charge >= 0.3 is 6.09 Å². The Kier molecular flexibility index (Phi) is 4.52. The number of carbonyl (C=O) groups excluding carboxylic acids is 1. The van der Waals surface area contributed by atoms with Crippen LogP contribution in [0.4, 0.5) is 16.2 Å². The summed E-state index contributed by atoms with van der Waals surface area (Å²) in [6.45, 7) is 0.934. The number of amides is 1. The van der Waals surface area contributed by atoms with Gasteiger partial charge in [0.05, 0.1) is 4.92 Å². The minimum atomic E-state index is -0.522. The molecule has 1 aromatic carbocycles. The van der Waals surface area contributed by atoms with Gasteiger partial charge in [-0.1, -0.05) is 0 Å². The van der Waals surface area contributed by atoms with Crippen molar-refractivity contribution in [2.45, 2.75) is 18.9 Å². The van der Waals surface area contributed by atoms with Crippen molar-refractivity contribution in [3.8, 4) is 0 Å². The number of nitro benzene ring substituents is 1. The fraction of sp³-hybridized carbons (Fsp3) is 0.462. The van der Waals surface area contributed by atoms with Gasteiger partial charge in [-0.05, 0) is 44.5 Å². The van der Waals surface area contributed by atoms with Crippen LogP contribution in [-0.2, 0) is 4.74 Å². The van der Waals surface area contributed by atoms with Crippen LogP contribution in [0.3, 0.4) is 0 Å². The average Bonchev–Trinajstić information content (AvgIpc) is 2.37. The molecule has 1 aliphatic carbocycles. The van der Waals surface area contributed by atoms with Gasteiger partial charge in [-0.3, -0.25) is 15.4 Å². The SMILES string of the molecule is CNCC1CC(OC(=O)Nc2ccc([N+](=O)[O-])cc2)C1. The predicted molar refractivity (Wildman–Crippen MR) is 73.6 cm³/mol. The molecule has 0 unspecified atom stereocenters. The Bertz CT molecular complexity index is 483. The van der Waals surface area contributed by atoms with E-state index in [4.69, 9.17) is 4.74 Å². The van der Waals surface area contributed by atoms with Crippen molar-refractivity contribution in [3.63, 3.8) is 0 Å². The fourth-order valence-electron chi connectivity index (χ4n) is 2.19. The zero-order valence-corrected chi connectivity index (χ0v) is 11.2. The molecule has 108 valence electrons. The van der Waals surface area contributed by atoms with E-state index in [2.05, 4.69) is 10.6 Å². The lowest BCUT2D eigenvalue weighted by atomic mass is 9.82. The lowest BCUT2D eigenvalue weighted by Crippen LogP contribution is -2.38. The molecule has 0 heterocycles. The minimum Gasteiger partial charge on any atom is -0.446 e. The van der Waals surface area contributed by atoms with Gasteiger partial charge in [0.15, 0.2) is 0 Å². The third kappa shape index (κ3) is 3.67. The van der Waals surface area contributed by atoms with Crippen molar-refractivity contribution in [2.24, 2.45) is 5.92 Å². The quantitative estimate of drug-likeness (QED) is 0.636. The van der Waals surface area contributed by atoms with Crippen LogP contribution in [0.5, 0.6) is 0 Å². The number of nitrogens with zero attached hydrogens (tertiary/aromatic N) is 1. The van der Waals surface area contributed by atoms with Crippen LogP contribution in [0.15, 0.2) is 24.3 Å². The second-order valence-corrected chi connectivity index (χ2v) is 4.85. The summed E-state index contributed by atoms with van der Waals surface area (Å²) in [6.07, 6.45) is 1.18. The molecule has 20 heavy (non-hydrogen) atoms. The standard InChI is InChI=1S/C13H17N3O4/c1-14-8-9-6-12(7-9)20-13(17)15-10-2-4-11(5-3-10)16(18)19/h2-5,9,12,14H,6-8H2,1H3,(H,15,17). The van der Waals surface area contributed by atoms with E-state index >= 15 is 0 Å². The summed E-state index contributed by atoms with van der Waals surface area (Å²) in [7, 11) is 1.90. The van der Waals surface area contributed by atoms with Gasteiger partial charge in [0.2, 0.25) is 0 Å². The van der Waals surface area contributed by atoms with Crippen molar-refractivity contribution in [3.05, 3.63) is 34.4 Å². The van der Waals surface area contributed by atoms with Crippen LogP contribution in [0.1, 0.15) is 12.8 Å². The summed E-state index contributed by atoms with van der Waals surface area (Å²) in [5, 5.41) is 16.1. The molecule has 7 heteroatoms. The van der Waals surface area contributed by atoms with E-state index in [0.29, 0.717) is 11.6 Å². The number of non-ortho nitro benzene ring substituents is 1. The summed E-state index contributed by atoms with van der Waals surface area (Å²) in [5.74, 6) is 0.567. The van der Waals surface area contributed by atoms with E-state index in [-0.39, 0.29) is 11.8 Å². The monoisotopic (exact) mass is 279 g/mol. The van der Waals surface area contributed by atoms with Crippen molar-refractivity contribution >= 4 is 17.5 Å². The highest BCUT2D eigenvalue weighted by Gasteiger charge is 2.31. The number of benzene rings is 1. The molecular formula is C13H17N3O4. The van der Waals surface area contributed by atoms with E-state index in [9.17, 15) is 14.9 Å². The molecule has 1 saturated carbocycles. The zero-order chi connectivity index (χ0) is 14.5. The molecule has 1 aliphatic rings. The van der Waals surface area contributed by atoms with Crippen LogP contribution in [0.2, 0.25) is 0 Å². The maximum atomic E-state index is 11.6. The van der Waals surface area contributed by atoms with Gasteiger partial charge in [0.1, 0.15) is 6.10 Å². The van der Waals surface area contributed by atoms with Gasteiger partial charge in [-0.15, -0.1) is 0 Å². The number of anilines is 1. The predicted octanol–water partition coefficient (Wildman–Crippen LogP) is 2.14. The Balaban J connectivity index is 1.76. The Morgan fingerprint density at radius 2 is 2.05 bits per heavy atom. The molecule has 0 aromatic heterocycles. The molecule has 1 aromatic rings. The van der Waals surface area contributed by atoms with E-state index in [0.717, 1.165) is 19.4 Å². The highest BCUT2D eigenvalue weighted by molar-refractivity contribution is 5.84. The number of ether oxygens (including phenoxy) is 1. The molecule has 0 radical (unpaired) electrons. The van der Waals surface area contributed by atoms with Crippen LogP contribution >= 0.6 is 0 Å². The number of hydrogen-bond donors (Lipinski definition) is 2. The molecule has 7 nitrogen and oxygen atoms in total. The summed E-state index contributed by atoms with van der Waals surface area (Å²) in [5.41, 5.74) is 0.463. The number of carbonyl (C=O) groups is 1. The van der Waals surface area contributed by atoms with Crippen molar-refractivity contribution in [1.82, 2.24) is 5.32 Å². The van der Waals surface area contributed by atoms with Gasteiger partial charge in [-0.25, -0.2) is 4.79 Å². The molecule has 2 N–H and O–H groups in total. The first-order chi connectivity index (χ1) is 9.58. The molecule has 0 saturated heterocycles. The van der Waals surface area contributed by atoms with E-state index in [1.807, 2.05) is 7.05 Å². The molecule has 0 bridgehead atoms. The van der Waals surface area contributed by atoms with Gasteiger partial charge in [-0.2, -0.15) is 0 Å². The first kappa shape index (κ1) is 14.3. The van der Waals surface area contributed by atoms with Crippen LogP contribution in [-0.4, -0.2) is 30.7 Å². The molecule has 2 rings (SSSR count). The Morgan fingerprint density at radius 3 is 2.60 bits per heavy atom. The largest absolute Gasteiger partial charge is 0.446 e. The Morgan fingerprint density at radius 1 is 1.40 bits per heavy atom. The highest BCUT2D eigenvalue weighted by Crippen LogP contribution is 2.29. The first-order valence-corrected chi connectivity index (χ1v) is 6.45. The molecule has 1 amide bonds. The van der Waals surface area contributed by atoms with Crippen molar-refractivity contribution in [2.75, 3.05) is 18.9 Å². The van der Waals surface area contributed by atoms with Gasteiger partial charge in [0, 0.05) is 17.8 Å². The molecule has 0 aliphatic heterocycles. The van der Waals surface area contributed by atoms with E-state index in [1.54, 1.807) is 0 Å². The summed E-state index contributed by atoms with van der Waals surface area (Å²) in [6, 6.07) is 5.62. The normalized spacial score (nSPS) is 20.9. The number of nitro groups is 1. The summed E-state index contributed by atoms with van der Waals surface area (Å²) < 4.78 is 5.23. The number of hydrogen-bond acceptors (Lipinski definition) is 5. The van der Waals surface area contributed by atoms with Crippen molar-refractivity contribution in [1.29, 1.82) is 0 Å². The number of nitrogens with one attached hydrogen (secondary N) is 2. The van der Waals surface area contributed by atoms with Crippen LogP contribution < -0.4 is 10.6 Å². The lowest BCUT2D eigenvalue weighted by molar-refractivity contribution is -0.384. The molecule has 0 spiro atoms. The Hall–Kier alpha value is -2.15. The van der Waals surface area contributed by atoms with Gasteiger partial charge in [0.25, 0.3) is 5.69 Å². The smallest absolute Gasteiger partial charge is 0.411 e. The third-order valence-corrected chi connectivity index (χ3v) is 3.28. The van der Waals surface area contributed by atoms with Crippen LogP contribution in [0, 0.1) is 16.0 Å². The third-order valence-electron chi connectivity index (χ3n) is 3.28. The summed E-state index contributed by atoms with van der Waals surface area (Å²) in [4.78, 5) is 21.6. The van der Waals surface area contributed by atoms with Crippen molar-refractivity contribution < 1.29 is 14.5 Å². The van der Waals surface area contributed by atoms with E-state index < -0.39 is 11.0 Å². The first-order valence-electron chi connectivity index (χ1n) is 6.45.